The Labute approximate surface area is 152 Å². The number of rotatable bonds is 5. The zero-order chi connectivity index (χ0) is 17.1. The number of benzene rings is 1. The van der Waals surface area contributed by atoms with Gasteiger partial charge in [-0.25, -0.2) is 0 Å². The van der Waals surface area contributed by atoms with Crippen LogP contribution in [0.25, 0.3) is 11.3 Å². The van der Waals surface area contributed by atoms with Gasteiger partial charge in [0.15, 0.2) is 0 Å². The number of methoxy groups -OCH3 is 1. The summed E-state index contributed by atoms with van der Waals surface area (Å²) in [5, 5.41) is 8.93. The number of hydrogen-bond acceptors (Lipinski definition) is 5. The van der Waals surface area contributed by atoms with Crippen LogP contribution in [0.3, 0.4) is 0 Å². The molecule has 1 aliphatic rings. The fourth-order valence-electron chi connectivity index (χ4n) is 3.15. The zero-order valence-electron chi connectivity index (χ0n) is 14.3. The molecule has 0 unspecified atom stereocenters. The van der Waals surface area contributed by atoms with Gasteiger partial charge < -0.3 is 9.64 Å². The maximum Gasteiger partial charge on any atom is 0.119 e. The van der Waals surface area contributed by atoms with Gasteiger partial charge in [-0.1, -0.05) is 0 Å². The van der Waals surface area contributed by atoms with E-state index in [4.69, 9.17) is 9.84 Å². The van der Waals surface area contributed by atoms with E-state index >= 15 is 0 Å². The number of hydrogen-bond donors (Lipinski definition) is 0. The molecule has 1 fully saturated rings. The first-order valence-electron chi connectivity index (χ1n) is 8.49. The molecule has 0 radical (unpaired) electrons. The Morgan fingerprint density at radius 3 is 2.52 bits per heavy atom. The Bertz CT molecular complexity index is 789. The van der Waals surface area contributed by atoms with Crippen LogP contribution in [0.4, 0.5) is 5.69 Å². The van der Waals surface area contributed by atoms with Gasteiger partial charge in [0.1, 0.15) is 5.75 Å². The molecule has 1 aliphatic heterocycles. The van der Waals surface area contributed by atoms with Crippen LogP contribution >= 0.6 is 11.3 Å². The van der Waals surface area contributed by atoms with E-state index in [1.165, 1.54) is 11.3 Å². The molecule has 0 saturated carbocycles. The van der Waals surface area contributed by atoms with E-state index in [1.54, 1.807) is 18.4 Å². The van der Waals surface area contributed by atoms with E-state index in [-0.39, 0.29) is 0 Å². The third-order valence-electron chi connectivity index (χ3n) is 4.61. The monoisotopic (exact) mass is 354 g/mol. The molecule has 0 amide bonds. The number of aromatic nitrogens is 2. The molecule has 0 atom stereocenters. The van der Waals surface area contributed by atoms with Crippen LogP contribution in [0.15, 0.2) is 53.4 Å². The summed E-state index contributed by atoms with van der Waals surface area (Å²) in [6, 6.07) is 12.5. The number of nitrogens with zero attached hydrogens (tertiary/aromatic N) is 4. The van der Waals surface area contributed by atoms with Crippen molar-refractivity contribution in [2.45, 2.75) is 6.67 Å². The highest BCUT2D eigenvalue weighted by Crippen LogP contribution is 2.22. The van der Waals surface area contributed by atoms with E-state index in [2.05, 4.69) is 51.0 Å². The Morgan fingerprint density at radius 2 is 1.84 bits per heavy atom. The minimum Gasteiger partial charge on any atom is -0.497 e. The van der Waals surface area contributed by atoms with Crippen LogP contribution in [0.2, 0.25) is 0 Å². The predicted octanol–water partition coefficient (Wildman–Crippen LogP) is 3.40. The molecule has 2 aromatic heterocycles. The first kappa shape index (κ1) is 16.2. The van der Waals surface area contributed by atoms with E-state index in [0.717, 1.165) is 44.3 Å². The summed E-state index contributed by atoms with van der Waals surface area (Å²) in [6.45, 7) is 5.00. The van der Waals surface area contributed by atoms with Crippen molar-refractivity contribution in [1.82, 2.24) is 14.7 Å². The third-order valence-corrected chi connectivity index (χ3v) is 5.30. The van der Waals surface area contributed by atoms with Crippen molar-refractivity contribution in [2.75, 3.05) is 38.2 Å². The fourth-order valence-corrected chi connectivity index (χ4v) is 3.80. The van der Waals surface area contributed by atoms with Crippen LogP contribution in [0.5, 0.6) is 5.75 Å². The molecule has 6 heteroatoms. The van der Waals surface area contributed by atoms with Gasteiger partial charge in [-0.2, -0.15) is 16.4 Å². The van der Waals surface area contributed by atoms with Crippen molar-refractivity contribution < 1.29 is 4.74 Å². The van der Waals surface area contributed by atoms with Crippen molar-refractivity contribution >= 4 is 17.0 Å². The van der Waals surface area contributed by atoms with E-state index < -0.39 is 0 Å². The number of anilines is 1. The highest BCUT2D eigenvalue weighted by atomic mass is 32.1. The standard InChI is InChI=1S/C19H22N4OS/c1-24-18-4-2-17(3-5-18)22-11-9-21(10-12-22)15-23-8-6-19(20-23)16-7-13-25-14-16/h2-8,13-14H,9-12,15H2,1H3. The summed E-state index contributed by atoms with van der Waals surface area (Å²) in [7, 11) is 1.70. The summed E-state index contributed by atoms with van der Waals surface area (Å²) in [6.07, 6.45) is 2.07. The summed E-state index contributed by atoms with van der Waals surface area (Å²) in [5.74, 6) is 0.905. The molecule has 0 spiro atoms. The normalized spacial score (nSPS) is 15.5. The number of thiophene rings is 1. The highest BCUT2D eigenvalue weighted by Gasteiger charge is 2.17. The first-order valence-corrected chi connectivity index (χ1v) is 9.43. The van der Waals surface area contributed by atoms with Gasteiger partial charge >= 0.3 is 0 Å². The minimum absolute atomic E-state index is 0.848. The molecule has 0 bridgehead atoms. The largest absolute Gasteiger partial charge is 0.497 e. The van der Waals surface area contributed by atoms with Crippen molar-refractivity contribution in [3.05, 3.63) is 53.4 Å². The van der Waals surface area contributed by atoms with Crippen molar-refractivity contribution in [1.29, 1.82) is 0 Å². The quantitative estimate of drug-likeness (QED) is 0.703. The molecule has 25 heavy (non-hydrogen) atoms. The molecular weight excluding hydrogens is 332 g/mol. The smallest absolute Gasteiger partial charge is 0.119 e. The van der Waals surface area contributed by atoms with Crippen LogP contribution in [-0.4, -0.2) is 48.0 Å². The average molecular weight is 354 g/mol. The van der Waals surface area contributed by atoms with Gasteiger partial charge in [0.2, 0.25) is 0 Å². The fraction of sp³-hybridized carbons (Fsp3) is 0.316. The lowest BCUT2D eigenvalue weighted by Gasteiger charge is -2.36. The van der Waals surface area contributed by atoms with Crippen molar-refractivity contribution in [3.63, 3.8) is 0 Å². The number of ether oxygens (including phenoxy) is 1. The molecular formula is C19H22N4OS. The summed E-state index contributed by atoms with van der Waals surface area (Å²) in [5.41, 5.74) is 3.52. The van der Waals surface area contributed by atoms with Gasteiger partial charge in [-0.15, -0.1) is 0 Å². The van der Waals surface area contributed by atoms with Gasteiger partial charge in [-0.3, -0.25) is 9.58 Å². The molecule has 4 rings (SSSR count). The molecule has 0 aliphatic carbocycles. The summed E-state index contributed by atoms with van der Waals surface area (Å²) >= 11 is 1.71. The van der Waals surface area contributed by atoms with Crippen LogP contribution in [-0.2, 0) is 6.67 Å². The van der Waals surface area contributed by atoms with Gasteiger partial charge in [0, 0.05) is 49.0 Å². The van der Waals surface area contributed by atoms with E-state index in [9.17, 15) is 0 Å². The molecule has 0 N–H and O–H groups in total. The zero-order valence-corrected chi connectivity index (χ0v) is 15.2. The highest BCUT2D eigenvalue weighted by molar-refractivity contribution is 7.08. The first-order chi connectivity index (χ1) is 12.3. The van der Waals surface area contributed by atoms with Crippen molar-refractivity contribution in [2.24, 2.45) is 0 Å². The predicted molar refractivity (Wildman–Crippen MR) is 102 cm³/mol. The Morgan fingerprint density at radius 1 is 1.04 bits per heavy atom. The molecule has 5 nitrogen and oxygen atoms in total. The molecule has 1 saturated heterocycles. The van der Waals surface area contributed by atoms with Gasteiger partial charge in [0.05, 0.1) is 19.5 Å². The molecule has 3 heterocycles. The SMILES string of the molecule is COc1ccc(N2CCN(Cn3ccc(-c4ccsc4)n3)CC2)cc1. The van der Waals surface area contributed by atoms with Gasteiger partial charge in [0.25, 0.3) is 0 Å². The van der Waals surface area contributed by atoms with Crippen LogP contribution in [0.1, 0.15) is 0 Å². The van der Waals surface area contributed by atoms with Crippen LogP contribution < -0.4 is 9.64 Å². The summed E-state index contributed by atoms with van der Waals surface area (Å²) < 4.78 is 7.27. The molecule has 1 aromatic carbocycles. The maximum absolute atomic E-state index is 5.23. The second-order valence-electron chi connectivity index (χ2n) is 6.20. The van der Waals surface area contributed by atoms with Crippen LogP contribution in [0, 0.1) is 0 Å². The van der Waals surface area contributed by atoms with E-state index in [1.807, 2.05) is 16.8 Å². The molecule has 130 valence electrons. The minimum atomic E-state index is 0.848. The number of piperazine rings is 1. The Kier molecular flexibility index (Phi) is 4.72. The third kappa shape index (κ3) is 3.70. The second-order valence-corrected chi connectivity index (χ2v) is 6.98. The Hall–Kier alpha value is -2.31. The lowest BCUT2D eigenvalue weighted by Crippen LogP contribution is -2.46. The van der Waals surface area contributed by atoms with Gasteiger partial charge in [-0.05, 0) is 41.8 Å². The topological polar surface area (TPSA) is 33.5 Å². The lowest BCUT2D eigenvalue weighted by atomic mass is 10.2. The second kappa shape index (κ2) is 7.29. The maximum atomic E-state index is 5.23. The summed E-state index contributed by atoms with van der Waals surface area (Å²) in [4.78, 5) is 4.88. The average Bonchev–Trinajstić information content (AvgIpc) is 3.34. The van der Waals surface area contributed by atoms with E-state index in [0.29, 0.717) is 0 Å². The Balaban J connectivity index is 1.33. The molecule has 3 aromatic rings. The van der Waals surface area contributed by atoms with Crippen molar-refractivity contribution in [3.8, 4) is 17.0 Å². The lowest BCUT2D eigenvalue weighted by molar-refractivity contribution is 0.196.